The number of imidazole rings is 1. The molecule has 2 unspecified atom stereocenters. The zero-order valence-electron chi connectivity index (χ0n) is 17.4. The number of nitrogens with zero attached hydrogens (tertiary/aromatic N) is 4. The van der Waals surface area contributed by atoms with Crippen molar-refractivity contribution in [1.29, 1.82) is 0 Å². The lowest BCUT2D eigenvalue weighted by Gasteiger charge is -2.37. The molecule has 2 aliphatic rings. The number of likely N-dealkylation sites (N-methyl/N-ethyl adjacent to an activating group) is 1. The van der Waals surface area contributed by atoms with Crippen LogP contribution in [0.4, 0.5) is 0 Å². The number of halogens is 1. The van der Waals surface area contributed by atoms with Gasteiger partial charge in [-0.3, -0.25) is 9.59 Å². The van der Waals surface area contributed by atoms with E-state index in [0.717, 1.165) is 18.5 Å². The lowest BCUT2D eigenvalue weighted by molar-refractivity contribution is -0.136. The molecule has 1 N–H and O–H groups in total. The first-order valence-electron chi connectivity index (χ1n) is 10.0. The van der Waals surface area contributed by atoms with Crippen molar-refractivity contribution in [3.05, 3.63) is 23.3 Å². The monoisotopic (exact) mass is 423 g/mol. The van der Waals surface area contributed by atoms with Crippen molar-refractivity contribution in [2.45, 2.75) is 25.8 Å². The maximum Gasteiger partial charge on any atom is 0.273 e. The second kappa shape index (κ2) is 9.28. The Hall–Kier alpha value is -1.90. The summed E-state index contributed by atoms with van der Waals surface area (Å²) in [6.45, 7) is 9.61. The van der Waals surface area contributed by atoms with Crippen LogP contribution in [0.3, 0.4) is 0 Å². The lowest BCUT2D eigenvalue weighted by Crippen LogP contribution is -2.53. The molecule has 29 heavy (non-hydrogen) atoms. The van der Waals surface area contributed by atoms with Crippen molar-refractivity contribution in [2.24, 2.45) is 13.0 Å². The SMILES string of the molecule is C=C(C)c1nc(Cl)c(C(=O)N(C)C2CNCC(C(=O)N3CCCOCC3)C2)n1C. The highest BCUT2D eigenvalue weighted by molar-refractivity contribution is 6.32. The fourth-order valence-electron chi connectivity index (χ4n) is 4.04. The zero-order chi connectivity index (χ0) is 21.1. The molecule has 9 heteroatoms. The Morgan fingerprint density at radius 1 is 1.31 bits per heavy atom. The molecule has 160 valence electrons. The maximum absolute atomic E-state index is 13.2. The Morgan fingerprint density at radius 2 is 2.07 bits per heavy atom. The Morgan fingerprint density at radius 3 is 2.76 bits per heavy atom. The summed E-state index contributed by atoms with van der Waals surface area (Å²) in [5.74, 6) is 0.359. The number of amides is 2. The van der Waals surface area contributed by atoms with Crippen molar-refractivity contribution in [3.8, 4) is 0 Å². The molecule has 1 aromatic rings. The molecule has 2 fully saturated rings. The second-order valence-electron chi connectivity index (χ2n) is 7.87. The van der Waals surface area contributed by atoms with Gasteiger partial charge in [-0.25, -0.2) is 4.98 Å². The Balaban J connectivity index is 1.71. The molecule has 2 saturated heterocycles. The molecule has 0 radical (unpaired) electrons. The van der Waals surface area contributed by atoms with Gasteiger partial charge < -0.3 is 24.4 Å². The van der Waals surface area contributed by atoms with Gasteiger partial charge in [0.15, 0.2) is 5.15 Å². The Labute approximate surface area is 176 Å². The topological polar surface area (TPSA) is 79.7 Å². The van der Waals surface area contributed by atoms with E-state index >= 15 is 0 Å². The van der Waals surface area contributed by atoms with Gasteiger partial charge in [-0.2, -0.15) is 0 Å². The summed E-state index contributed by atoms with van der Waals surface area (Å²) in [5, 5.41) is 3.49. The molecular formula is C20H30ClN5O3. The van der Waals surface area contributed by atoms with E-state index in [1.165, 1.54) is 0 Å². The molecule has 0 aromatic carbocycles. The minimum Gasteiger partial charge on any atom is -0.380 e. The van der Waals surface area contributed by atoms with E-state index in [1.807, 2.05) is 11.8 Å². The summed E-state index contributed by atoms with van der Waals surface area (Å²) in [6, 6.07) is -0.104. The maximum atomic E-state index is 13.2. The van der Waals surface area contributed by atoms with E-state index < -0.39 is 0 Å². The van der Waals surface area contributed by atoms with Gasteiger partial charge in [0, 0.05) is 52.9 Å². The number of ether oxygens (including phenoxy) is 1. The van der Waals surface area contributed by atoms with Gasteiger partial charge in [0.25, 0.3) is 5.91 Å². The van der Waals surface area contributed by atoms with Crippen LogP contribution in [-0.2, 0) is 16.6 Å². The van der Waals surface area contributed by atoms with Crippen molar-refractivity contribution in [1.82, 2.24) is 24.7 Å². The quantitative estimate of drug-likeness (QED) is 0.792. The van der Waals surface area contributed by atoms with Crippen molar-refractivity contribution in [2.75, 3.05) is 46.4 Å². The van der Waals surface area contributed by atoms with Crippen LogP contribution in [0.2, 0.25) is 5.15 Å². The first kappa shape index (κ1) is 21.8. The first-order chi connectivity index (χ1) is 13.8. The van der Waals surface area contributed by atoms with Gasteiger partial charge in [0.05, 0.1) is 12.5 Å². The fraction of sp³-hybridized carbons (Fsp3) is 0.650. The van der Waals surface area contributed by atoms with Crippen LogP contribution in [0.1, 0.15) is 36.1 Å². The van der Waals surface area contributed by atoms with Crippen LogP contribution in [0, 0.1) is 5.92 Å². The Kier molecular flexibility index (Phi) is 6.97. The molecule has 0 spiro atoms. The van der Waals surface area contributed by atoms with Gasteiger partial charge in [-0.1, -0.05) is 18.2 Å². The van der Waals surface area contributed by atoms with Crippen molar-refractivity contribution >= 4 is 29.0 Å². The molecule has 3 heterocycles. The molecule has 3 rings (SSSR count). The largest absolute Gasteiger partial charge is 0.380 e. The van der Waals surface area contributed by atoms with Crippen LogP contribution in [0.5, 0.6) is 0 Å². The minimum atomic E-state index is -0.208. The van der Waals surface area contributed by atoms with Crippen LogP contribution in [0.15, 0.2) is 6.58 Å². The van der Waals surface area contributed by atoms with Crippen LogP contribution in [0.25, 0.3) is 5.57 Å². The number of hydrogen-bond donors (Lipinski definition) is 1. The molecule has 2 aliphatic heterocycles. The van der Waals surface area contributed by atoms with E-state index in [4.69, 9.17) is 16.3 Å². The molecule has 0 saturated carbocycles. The molecule has 2 amide bonds. The standard InChI is InChI=1S/C20H30ClN5O3/c1-13(2)18-23-17(21)16(25(18)4)20(28)24(3)15-10-14(11-22-12-15)19(27)26-6-5-8-29-9-7-26/h14-15,22H,1,5-12H2,2-4H3. The van der Waals surface area contributed by atoms with E-state index in [0.29, 0.717) is 50.8 Å². The number of carbonyl (C=O) groups excluding carboxylic acids is 2. The predicted octanol–water partition coefficient (Wildman–Crippen LogP) is 1.41. The number of carbonyl (C=O) groups is 2. The highest BCUT2D eigenvalue weighted by Gasteiger charge is 2.35. The molecular weight excluding hydrogens is 394 g/mol. The third kappa shape index (κ3) is 4.65. The van der Waals surface area contributed by atoms with E-state index in [1.54, 1.807) is 23.6 Å². The number of allylic oxidation sites excluding steroid dienone is 1. The zero-order valence-corrected chi connectivity index (χ0v) is 18.2. The third-order valence-electron chi connectivity index (χ3n) is 5.72. The Bertz CT molecular complexity index is 785. The average Bonchev–Trinajstić information content (AvgIpc) is 2.89. The normalized spacial score (nSPS) is 22.8. The first-order valence-corrected chi connectivity index (χ1v) is 10.4. The summed E-state index contributed by atoms with van der Waals surface area (Å²) < 4.78 is 7.13. The second-order valence-corrected chi connectivity index (χ2v) is 8.22. The summed E-state index contributed by atoms with van der Waals surface area (Å²) >= 11 is 6.26. The smallest absolute Gasteiger partial charge is 0.273 e. The predicted molar refractivity (Wildman–Crippen MR) is 112 cm³/mol. The molecule has 2 atom stereocenters. The lowest BCUT2D eigenvalue weighted by atomic mass is 9.93. The molecule has 0 aliphatic carbocycles. The number of piperidine rings is 1. The van der Waals surface area contributed by atoms with E-state index in [-0.39, 0.29) is 28.9 Å². The number of aromatic nitrogens is 2. The number of hydrogen-bond acceptors (Lipinski definition) is 5. The van der Waals surface area contributed by atoms with E-state index in [2.05, 4.69) is 16.9 Å². The summed E-state index contributed by atoms with van der Waals surface area (Å²) in [5.41, 5.74) is 1.08. The van der Waals surface area contributed by atoms with Crippen LogP contribution < -0.4 is 5.32 Å². The summed E-state index contributed by atoms with van der Waals surface area (Å²) in [4.78, 5) is 34.0. The fourth-order valence-corrected chi connectivity index (χ4v) is 4.33. The van der Waals surface area contributed by atoms with Crippen molar-refractivity contribution < 1.29 is 14.3 Å². The summed E-state index contributed by atoms with van der Waals surface area (Å²) in [6.07, 6.45) is 1.48. The highest BCUT2D eigenvalue weighted by Crippen LogP contribution is 2.24. The third-order valence-corrected chi connectivity index (χ3v) is 5.98. The van der Waals surface area contributed by atoms with Gasteiger partial charge in [-0.05, 0) is 25.3 Å². The van der Waals surface area contributed by atoms with Gasteiger partial charge >= 0.3 is 0 Å². The van der Waals surface area contributed by atoms with Crippen LogP contribution >= 0.6 is 11.6 Å². The van der Waals surface area contributed by atoms with Gasteiger partial charge in [-0.15, -0.1) is 0 Å². The molecule has 0 bridgehead atoms. The highest BCUT2D eigenvalue weighted by atomic mass is 35.5. The van der Waals surface area contributed by atoms with E-state index in [9.17, 15) is 9.59 Å². The molecule has 8 nitrogen and oxygen atoms in total. The van der Waals surface area contributed by atoms with Crippen molar-refractivity contribution in [3.63, 3.8) is 0 Å². The minimum absolute atomic E-state index is 0.104. The van der Waals surface area contributed by atoms with Gasteiger partial charge in [0.2, 0.25) is 5.91 Å². The molecule has 1 aromatic heterocycles. The van der Waals surface area contributed by atoms with Crippen LogP contribution in [-0.4, -0.2) is 83.6 Å². The van der Waals surface area contributed by atoms with Gasteiger partial charge in [0.1, 0.15) is 11.5 Å². The number of rotatable bonds is 4. The summed E-state index contributed by atoms with van der Waals surface area (Å²) in [7, 11) is 3.52. The number of nitrogens with one attached hydrogen (secondary N) is 1. The average molecular weight is 424 g/mol.